The Bertz CT molecular complexity index is 613. The van der Waals surface area contributed by atoms with E-state index < -0.39 is 33.8 Å². The minimum absolute atomic E-state index is 0.0805. The highest BCUT2D eigenvalue weighted by molar-refractivity contribution is 7.89. The highest BCUT2D eigenvalue weighted by Gasteiger charge is 2.37. The largest absolute Gasteiger partial charge is 0.481 e. The summed E-state index contributed by atoms with van der Waals surface area (Å²) < 4.78 is 39.3. The molecule has 0 aromatic heterocycles. The monoisotopic (exact) mass is 307 g/mol. The van der Waals surface area contributed by atoms with Gasteiger partial charge in [0, 0.05) is 6.04 Å². The maximum absolute atomic E-state index is 13.1. The van der Waals surface area contributed by atoms with Crippen molar-refractivity contribution in [3.63, 3.8) is 0 Å². The highest BCUT2D eigenvalue weighted by Crippen LogP contribution is 2.30. The highest BCUT2D eigenvalue weighted by atomic mass is 35.5. The zero-order chi connectivity index (χ0) is 14.2. The average Bonchev–Trinajstić information content (AvgIpc) is 2.25. The molecule has 0 bridgehead atoms. The molecule has 0 aliphatic heterocycles. The van der Waals surface area contributed by atoms with Gasteiger partial charge in [0.1, 0.15) is 10.7 Å². The van der Waals surface area contributed by atoms with Crippen molar-refractivity contribution in [2.75, 3.05) is 0 Å². The predicted octanol–water partition coefficient (Wildman–Crippen LogP) is 1.62. The molecule has 0 unspecified atom stereocenters. The van der Waals surface area contributed by atoms with E-state index in [0.717, 1.165) is 18.2 Å². The molecule has 1 aromatic rings. The van der Waals surface area contributed by atoms with Gasteiger partial charge in [-0.1, -0.05) is 11.6 Å². The predicted molar refractivity (Wildman–Crippen MR) is 65.9 cm³/mol. The molecule has 0 radical (unpaired) electrons. The average molecular weight is 308 g/mol. The number of carboxylic acid groups (broad SMARTS) is 1. The van der Waals surface area contributed by atoms with Gasteiger partial charge in [-0.25, -0.2) is 17.5 Å². The molecule has 0 saturated heterocycles. The molecule has 0 heterocycles. The van der Waals surface area contributed by atoms with Crippen LogP contribution in [0.2, 0.25) is 5.02 Å². The van der Waals surface area contributed by atoms with Crippen LogP contribution in [0.4, 0.5) is 4.39 Å². The van der Waals surface area contributed by atoms with Crippen LogP contribution in [0.3, 0.4) is 0 Å². The third-order valence-electron chi connectivity index (χ3n) is 2.99. The summed E-state index contributed by atoms with van der Waals surface area (Å²) in [4.78, 5) is 10.3. The van der Waals surface area contributed by atoms with Gasteiger partial charge in [-0.15, -0.1) is 0 Å². The van der Waals surface area contributed by atoms with Gasteiger partial charge >= 0.3 is 5.97 Å². The Labute approximate surface area is 114 Å². The summed E-state index contributed by atoms with van der Waals surface area (Å²) in [7, 11) is -3.94. The molecule has 0 atom stereocenters. The summed E-state index contributed by atoms with van der Waals surface area (Å²) in [5, 5.41) is 8.62. The number of rotatable bonds is 4. The fraction of sp³-hybridized carbons (Fsp3) is 0.364. The Kier molecular flexibility index (Phi) is 3.80. The van der Waals surface area contributed by atoms with E-state index in [9.17, 15) is 17.6 Å². The van der Waals surface area contributed by atoms with Gasteiger partial charge in [-0.3, -0.25) is 4.79 Å². The summed E-state index contributed by atoms with van der Waals surface area (Å²) in [5.41, 5.74) is 0. The SMILES string of the molecule is O=C(O)C1CC(NS(=O)(=O)c2cc(F)ccc2Cl)C1. The van der Waals surface area contributed by atoms with Crippen LogP contribution in [0.25, 0.3) is 0 Å². The summed E-state index contributed by atoms with van der Waals surface area (Å²) in [6.45, 7) is 0. The quantitative estimate of drug-likeness (QED) is 0.885. The van der Waals surface area contributed by atoms with E-state index in [4.69, 9.17) is 16.7 Å². The van der Waals surface area contributed by atoms with Gasteiger partial charge in [0.25, 0.3) is 0 Å². The summed E-state index contributed by atoms with van der Waals surface area (Å²) in [6.07, 6.45) is 0.447. The van der Waals surface area contributed by atoms with E-state index in [1.54, 1.807) is 0 Å². The molecule has 1 aromatic carbocycles. The lowest BCUT2D eigenvalue weighted by Crippen LogP contribution is -2.46. The number of hydrogen-bond donors (Lipinski definition) is 2. The molecular weight excluding hydrogens is 297 g/mol. The lowest BCUT2D eigenvalue weighted by atomic mass is 9.81. The van der Waals surface area contributed by atoms with Crippen molar-refractivity contribution in [1.82, 2.24) is 4.72 Å². The summed E-state index contributed by atoms with van der Waals surface area (Å²) in [6, 6.07) is 2.60. The zero-order valence-electron chi connectivity index (χ0n) is 9.64. The number of sulfonamides is 1. The summed E-state index contributed by atoms with van der Waals surface area (Å²) in [5.74, 6) is -2.18. The third kappa shape index (κ3) is 3.05. The van der Waals surface area contributed by atoms with Gasteiger partial charge < -0.3 is 5.11 Å². The number of carboxylic acids is 1. The number of nitrogens with one attached hydrogen (secondary N) is 1. The molecule has 8 heteroatoms. The Hall–Kier alpha value is -1.18. The third-order valence-corrected chi connectivity index (χ3v) is 4.99. The second-order valence-corrected chi connectivity index (χ2v) is 6.49. The van der Waals surface area contributed by atoms with Crippen LogP contribution in [0.15, 0.2) is 23.1 Å². The van der Waals surface area contributed by atoms with Crippen molar-refractivity contribution in [1.29, 1.82) is 0 Å². The Balaban J connectivity index is 2.12. The molecule has 19 heavy (non-hydrogen) atoms. The second-order valence-electron chi connectivity index (χ2n) is 4.40. The number of benzene rings is 1. The van der Waals surface area contributed by atoms with Crippen LogP contribution in [-0.2, 0) is 14.8 Å². The number of carbonyl (C=O) groups is 1. The van der Waals surface area contributed by atoms with Gasteiger partial charge in [0.05, 0.1) is 10.9 Å². The van der Waals surface area contributed by atoms with E-state index in [2.05, 4.69) is 4.72 Å². The van der Waals surface area contributed by atoms with Crippen LogP contribution in [0.1, 0.15) is 12.8 Å². The number of halogens is 2. The number of hydrogen-bond acceptors (Lipinski definition) is 3. The van der Waals surface area contributed by atoms with Crippen LogP contribution >= 0.6 is 11.6 Å². The first-order chi connectivity index (χ1) is 8.79. The first kappa shape index (κ1) is 14.2. The molecular formula is C11H11ClFNO4S. The van der Waals surface area contributed by atoms with Crippen molar-refractivity contribution in [2.24, 2.45) is 5.92 Å². The van der Waals surface area contributed by atoms with Crippen LogP contribution in [0, 0.1) is 11.7 Å². The molecule has 104 valence electrons. The van der Waals surface area contributed by atoms with E-state index in [-0.39, 0.29) is 22.8 Å². The Morgan fingerprint density at radius 3 is 2.63 bits per heavy atom. The van der Waals surface area contributed by atoms with Crippen molar-refractivity contribution < 1.29 is 22.7 Å². The lowest BCUT2D eigenvalue weighted by Gasteiger charge is -2.32. The Morgan fingerprint density at radius 1 is 1.42 bits per heavy atom. The van der Waals surface area contributed by atoms with Crippen LogP contribution in [-0.4, -0.2) is 25.5 Å². The lowest BCUT2D eigenvalue weighted by molar-refractivity contribution is -0.145. The first-order valence-corrected chi connectivity index (χ1v) is 7.36. The maximum atomic E-state index is 13.1. The van der Waals surface area contributed by atoms with E-state index in [1.807, 2.05) is 0 Å². The van der Waals surface area contributed by atoms with Gasteiger partial charge in [-0.05, 0) is 31.0 Å². The van der Waals surface area contributed by atoms with Crippen molar-refractivity contribution in [3.05, 3.63) is 29.0 Å². The van der Waals surface area contributed by atoms with Crippen molar-refractivity contribution in [3.8, 4) is 0 Å². The number of aliphatic carboxylic acids is 1. The second kappa shape index (κ2) is 5.07. The smallest absolute Gasteiger partial charge is 0.306 e. The maximum Gasteiger partial charge on any atom is 0.306 e. The molecule has 1 aliphatic carbocycles. The molecule has 5 nitrogen and oxygen atoms in total. The fourth-order valence-corrected chi connectivity index (χ4v) is 3.65. The zero-order valence-corrected chi connectivity index (χ0v) is 11.2. The van der Waals surface area contributed by atoms with E-state index in [0.29, 0.717) is 0 Å². The molecule has 2 N–H and O–H groups in total. The standard InChI is InChI=1S/C11H11ClFNO4S/c12-9-2-1-7(13)5-10(9)19(17,18)14-8-3-6(4-8)11(15)16/h1-2,5-6,8,14H,3-4H2,(H,15,16). The Morgan fingerprint density at radius 2 is 2.05 bits per heavy atom. The molecule has 1 aliphatic rings. The van der Waals surface area contributed by atoms with Crippen molar-refractivity contribution >= 4 is 27.6 Å². The van der Waals surface area contributed by atoms with Crippen molar-refractivity contribution in [2.45, 2.75) is 23.8 Å². The topological polar surface area (TPSA) is 83.5 Å². The summed E-state index contributed by atoms with van der Waals surface area (Å²) >= 11 is 5.72. The molecule has 0 amide bonds. The van der Waals surface area contributed by atoms with E-state index in [1.165, 1.54) is 0 Å². The van der Waals surface area contributed by atoms with Crippen LogP contribution in [0.5, 0.6) is 0 Å². The first-order valence-electron chi connectivity index (χ1n) is 5.50. The minimum atomic E-state index is -3.94. The molecule has 1 fully saturated rings. The van der Waals surface area contributed by atoms with E-state index >= 15 is 0 Å². The van der Waals surface area contributed by atoms with Gasteiger partial charge in [-0.2, -0.15) is 0 Å². The molecule has 1 saturated carbocycles. The normalized spacial score (nSPS) is 22.8. The fourth-order valence-electron chi connectivity index (χ4n) is 1.88. The van der Waals surface area contributed by atoms with Crippen LogP contribution < -0.4 is 4.72 Å². The molecule has 2 rings (SSSR count). The van der Waals surface area contributed by atoms with Gasteiger partial charge in [0.15, 0.2) is 0 Å². The van der Waals surface area contributed by atoms with Gasteiger partial charge in [0.2, 0.25) is 10.0 Å². The minimum Gasteiger partial charge on any atom is -0.481 e. The molecule has 0 spiro atoms.